The van der Waals surface area contributed by atoms with Crippen LogP contribution in [0.25, 0.3) is 0 Å². The summed E-state index contributed by atoms with van der Waals surface area (Å²) in [6.07, 6.45) is -0.284. The van der Waals surface area contributed by atoms with E-state index in [2.05, 4.69) is 0 Å². The molecule has 1 amide bonds. The lowest BCUT2D eigenvalue weighted by Gasteiger charge is -2.13. The number of hydrogen-bond acceptors (Lipinski definition) is 4. The first kappa shape index (κ1) is 11.3. The predicted octanol–water partition coefficient (Wildman–Crippen LogP) is 1.39. The van der Waals surface area contributed by atoms with Crippen molar-refractivity contribution in [2.75, 3.05) is 26.3 Å². The molecule has 0 radical (unpaired) electrons. The highest BCUT2D eigenvalue weighted by molar-refractivity contribution is 5.69. The van der Waals surface area contributed by atoms with Crippen molar-refractivity contribution in [2.45, 2.75) is 0 Å². The maximum atomic E-state index is 11.1. The summed E-state index contributed by atoms with van der Waals surface area (Å²) in [4.78, 5) is 12.7. The molecule has 5 heteroatoms. The minimum absolute atomic E-state index is 0.284. The molecule has 1 aliphatic rings. The predicted molar refractivity (Wildman–Crippen MR) is 59.6 cm³/mol. The number of amides is 1. The van der Waals surface area contributed by atoms with Gasteiger partial charge in [0.2, 0.25) is 0 Å². The number of carbonyl (C=O) groups excluding carboxylic acids is 1. The number of hydrogen-bond donors (Lipinski definition) is 0. The van der Waals surface area contributed by atoms with Gasteiger partial charge in [-0.1, -0.05) is 0 Å². The van der Waals surface area contributed by atoms with Crippen molar-refractivity contribution >= 4 is 6.09 Å². The zero-order valence-corrected chi connectivity index (χ0v) is 9.26. The maximum Gasteiger partial charge on any atom is 0.410 e. The Hall–Kier alpha value is -2.22. The molecule has 0 atom stereocenters. The summed E-state index contributed by atoms with van der Waals surface area (Å²) >= 11 is 0. The molecule has 17 heavy (non-hydrogen) atoms. The Bertz CT molecular complexity index is 436. The van der Waals surface area contributed by atoms with Crippen LogP contribution in [0.4, 0.5) is 4.79 Å². The van der Waals surface area contributed by atoms with Gasteiger partial charge in [0.25, 0.3) is 0 Å². The summed E-state index contributed by atoms with van der Waals surface area (Å²) in [5.41, 5.74) is 0.598. The average molecular weight is 232 g/mol. The number of nitrogens with zero attached hydrogens (tertiary/aromatic N) is 2. The van der Waals surface area contributed by atoms with Gasteiger partial charge in [0.15, 0.2) is 0 Å². The van der Waals surface area contributed by atoms with Gasteiger partial charge in [-0.2, -0.15) is 5.26 Å². The van der Waals surface area contributed by atoms with Gasteiger partial charge in [0, 0.05) is 0 Å². The highest BCUT2D eigenvalue weighted by atomic mass is 16.6. The molecule has 5 nitrogen and oxygen atoms in total. The van der Waals surface area contributed by atoms with Crippen molar-refractivity contribution in [1.82, 2.24) is 4.90 Å². The normalized spacial score (nSPS) is 14.3. The van der Waals surface area contributed by atoms with Crippen LogP contribution in [0.1, 0.15) is 5.56 Å². The minimum atomic E-state index is -0.284. The van der Waals surface area contributed by atoms with E-state index in [-0.39, 0.29) is 6.09 Å². The molecule has 1 heterocycles. The van der Waals surface area contributed by atoms with Gasteiger partial charge in [0.05, 0.1) is 24.7 Å². The summed E-state index contributed by atoms with van der Waals surface area (Å²) in [7, 11) is 0. The molecule has 0 saturated carbocycles. The van der Waals surface area contributed by atoms with E-state index in [9.17, 15) is 4.79 Å². The second-order valence-corrected chi connectivity index (χ2v) is 3.59. The number of ether oxygens (including phenoxy) is 2. The lowest BCUT2D eigenvalue weighted by molar-refractivity contribution is 0.153. The van der Waals surface area contributed by atoms with Gasteiger partial charge < -0.3 is 14.4 Å². The molecule has 0 N–H and O–H groups in total. The highest BCUT2D eigenvalue weighted by Gasteiger charge is 2.21. The van der Waals surface area contributed by atoms with Crippen LogP contribution in [-0.2, 0) is 4.74 Å². The molecular formula is C12H12N2O3. The van der Waals surface area contributed by atoms with E-state index in [0.717, 1.165) is 0 Å². The first-order valence-corrected chi connectivity index (χ1v) is 5.34. The summed E-state index contributed by atoms with van der Waals surface area (Å²) in [5.74, 6) is 0.691. The summed E-state index contributed by atoms with van der Waals surface area (Å²) in [6.45, 7) is 2.01. The Kier molecular flexibility index (Phi) is 3.46. The SMILES string of the molecule is N#Cc1ccc(OCCN2CCOC2=O)cc1. The van der Waals surface area contributed by atoms with Gasteiger partial charge in [-0.05, 0) is 24.3 Å². The Morgan fingerprint density at radius 2 is 2.18 bits per heavy atom. The number of cyclic esters (lactones) is 1. The van der Waals surface area contributed by atoms with Crippen LogP contribution in [0.2, 0.25) is 0 Å². The molecule has 0 aromatic heterocycles. The molecule has 2 rings (SSSR count). The van der Waals surface area contributed by atoms with Crippen molar-refractivity contribution in [2.24, 2.45) is 0 Å². The van der Waals surface area contributed by atoms with E-state index in [4.69, 9.17) is 14.7 Å². The first-order chi connectivity index (χ1) is 8.29. The lowest BCUT2D eigenvalue weighted by Crippen LogP contribution is -2.29. The number of benzene rings is 1. The fourth-order valence-electron chi connectivity index (χ4n) is 1.53. The van der Waals surface area contributed by atoms with E-state index < -0.39 is 0 Å². The third kappa shape index (κ3) is 2.88. The van der Waals surface area contributed by atoms with Crippen LogP contribution < -0.4 is 4.74 Å². The topological polar surface area (TPSA) is 62.6 Å². The van der Waals surface area contributed by atoms with Crippen LogP contribution in [0.3, 0.4) is 0 Å². The molecule has 1 aliphatic heterocycles. The Morgan fingerprint density at radius 3 is 2.76 bits per heavy atom. The number of carbonyl (C=O) groups is 1. The summed E-state index contributed by atoms with van der Waals surface area (Å²) in [5, 5.41) is 8.63. The Morgan fingerprint density at radius 1 is 1.41 bits per heavy atom. The van der Waals surface area contributed by atoms with Gasteiger partial charge in [-0.25, -0.2) is 4.79 Å². The molecule has 1 aromatic carbocycles. The van der Waals surface area contributed by atoms with E-state index in [0.29, 0.717) is 37.6 Å². The Balaban J connectivity index is 1.78. The summed E-state index contributed by atoms with van der Waals surface area (Å²) < 4.78 is 10.3. The van der Waals surface area contributed by atoms with Crippen molar-refractivity contribution in [3.8, 4) is 11.8 Å². The second kappa shape index (κ2) is 5.21. The maximum absolute atomic E-state index is 11.1. The van der Waals surface area contributed by atoms with Gasteiger partial charge >= 0.3 is 6.09 Å². The van der Waals surface area contributed by atoms with Crippen LogP contribution >= 0.6 is 0 Å². The van der Waals surface area contributed by atoms with Gasteiger partial charge in [-0.3, -0.25) is 0 Å². The van der Waals surface area contributed by atoms with E-state index in [1.54, 1.807) is 29.2 Å². The standard InChI is InChI=1S/C12H12N2O3/c13-9-10-1-3-11(4-2-10)16-7-5-14-6-8-17-12(14)15/h1-4H,5-8H2. The quantitative estimate of drug-likeness (QED) is 0.787. The van der Waals surface area contributed by atoms with Gasteiger partial charge in [0.1, 0.15) is 19.0 Å². The van der Waals surface area contributed by atoms with E-state index >= 15 is 0 Å². The molecule has 1 aromatic rings. The van der Waals surface area contributed by atoms with Crippen LogP contribution in [0.15, 0.2) is 24.3 Å². The molecule has 1 saturated heterocycles. The number of rotatable bonds is 4. The fraction of sp³-hybridized carbons (Fsp3) is 0.333. The van der Waals surface area contributed by atoms with E-state index in [1.807, 2.05) is 6.07 Å². The largest absolute Gasteiger partial charge is 0.492 e. The molecule has 0 bridgehead atoms. The smallest absolute Gasteiger partial charge is 0.410 e. The highest BCUT2D eigenvalue weighted by Crippen LogP contribution is 2.11. The molecule has 0 spiro atoms. The minimum Gasteiger partial charge on any atom is -0.492 e. The molecular weight excluding hydrogens is 220 g/mol. The van der Waals surface area contributed by atoms with Crippen LogP contribution in [0, 0.1) is 11.3 Å². The van der Waals surface area contributed by atoms with Crippen LogP contribution in [-0.4, -0.2) is 37.3 Å². The molecule has 0 aliphatic carbocycles. The van der Waals surface area contributed by atoms with E-state index in [1.165, 1.54) is 0 Å². The summed E-state index contributed by atoms with van der Waals surface area (Å²) in [6, 6.07) is 8.90. The van der Waals surface area contributed by atoms with Crippen LogP contribution in [0.5, 0.6) is 5.75 Å². The molecule has 0 unspecified atom stereocenters. The average Bonchev–Trinajstić information content (AvgIpc) is 2.76. The lowest BCUT2D eigenvalue weighted by atomic mass is 10.2. The van der Waals surface area contributed by atoms with Crippen molar-refractivity contribution in [3.05, 3.63) is 29.8 Å². The zero-order valence-electron chi connectivity index (χ0n) is 9.26. The van der Waals surface area contributed by atoms with Gasteiger partial charge in [-0.15, -0.1) is 0 Å². The fourth-order valence-corrected chi connectivity index (χ4v) is 1.53. The molecule has 1 fully saturated rings. The van der Waals surface area contributed by atoms with Crippen molar-refractivity contribution in [3.63, 3.8) is 0 Å². The third-order valence-electron chi connectivity index (χ3n) is 2.46. The van der Waals surface area contributed by atoms with Crippen molar-refractivity contribution in [1.29, 1.82) is 5.26 Å². The first-order valence-electron chi connectivity index (χ1n) is 5.34. The third-order valence-corrected chi connectivity index (χ3v) is 2.46. The zero-order chi connectivity index (χ0) is 12.1. The second-order valence-electron chi connectivity index (χ2n) is 3.59. The van der Waals surface area contributed by atoms with Crippen molar-refractivity contribution < 1.29 is 14.3 Å². The Labute approximate surface area is 99.2 Å². The number of nitriles is 1. The molecule has 88 valence electrons. The monoisotopic (exact) mass is 232 g/mol.